The highest BCUT2D eigenvalue weighted by molar-refractivity contribution is 6.09. The Morgan fingerprint density at radius 3 is 1.71 bits per heavy atom. The SMILES string of the molecule is Cc1ccc(Oc2ccc(C(C)(O)C3=C[CH]C(Oc4ccc(C(=O)c5ccc(C(C)(C)O)cc5)cc4)C=C3)cc2)cc1. The van der Waals surface area contributed by atoms with Crippen molar-refractivity contribution in [2.75, 3.05) is 0 Å². The second-order valence-corrected chi connectivity index (χ2v) is 11.3. The first-order valence-corrected chi connectivity index (χ1v) is 13.9. The van der Waals surface area contributed by atoms with E-state index in [0.717, 1.165) is 22.4 Å². The zero-order valence-corrected chi connectivity index (χ0v) is 24.2. The molecule has 0 saturated heterocycles. The third kappa shape index (κ3) is 6.71. The number of aliphatic hydroxyl groups is 2. The van der Waals surface area contributed by atoms with Gasteiger partial charge in [-0.2, -0.15) is 0 Å². The highest BCUT2D eigenvalue weighted by atomic mass is 16.5. The third-order valence-corrected chi connectivity index (χ3v) is 7.41. The molecule has 0 bridgehead atoms. The summed E-state index contributed by atoms with van der Waals surface area (Å²) >= 11 is 0. The molecule has 1 radical (unpaired) electrons. The van der Waals surface area contributed by atoms with Crippen molar-refractivity contribution < 1.29 is 24.5 Å². The van der Waals surface area contributed by atoms with Crippen molar-refractivity contribution >= 4 is 5.78 Å². The standard InChI is InChI=1S/C37H35O5/c1-25-5-17-31(18-6-25)41-33-21-13-29(14-22-33)37(4,40)30-15-23-34(24-16-30)42-32-19-9-27(10-20-32)35(38)26-7-11-28(12-8-26)36(2,3)39/h5-24,34,39-40H,1-4H3. The fourth-order valence-corrected chi connectivity index (χ4v) is 4.71. The molecule has 0 amide bonds. The lowest BCUT2D eigenvalue weighted by Gasteiger charge is -2.28. The maximum Gasteiger partial charge on any atom is 0.193 e. The zero-order valence-electron chi connectivity index (χ0n) is 24.2. The van der Waals surface area contributed by atoms with Gasteiger partial charge in [-0.15, -0.1) is 0 Å². The fraction of sp³-hybridized carbons (Fsp3) is 0.189. The van der Waals surface area contributed by atoms with E-state index in [4.69, 9.17) is 9.47 Å². The van der Waals surface area contributed by atoms with Crippen LogP contribution in [0, 0.1) is 13.3 Å². The summed E-state index contributed by atoms with van der Waals surface area (Å²) in [4.78, 5) is 12.9. The van der Waals surface area contributed by atoms with Gasteiger partial charge in [0.25, 0.3) is 0 Å². The molecule has 4 aromatic rings. The molecule has 5 nitrogen and oxygen atoms in total. The molecule has 0 aromatic heterocycles. The Morgan fingerprint density at radius 2 is 1.19 bits per heavy atom. The topological polar surface area (TPSA) is 76.0 Å². The molecule has 4 aromatic carbocycles. The fourth-order valence-electron chi connectivity index (χ4n) is 4.71. The van der Waals surface area contributed by atoms with E-state index in [1.807, 2.05) is 80.1 Å². The average Bonchev–Trinajstić information content (AvgIpc) is 2.99. The number of ether oxygens (including phenoxy) is 2. The van der Waals surface area contributed by atoms with Crippen molar-refractivity contribution in [3.8, 4) is 17.2 Å². The van der Waals surface area contributed by atoms with Gasteiger partial charge in [0.2, 0.25) is 0 Å². The molecule has 1 aliphatic carbocycles. The van der Waals surface area contributed by atoms with Gasteiger partial charge >= 0.3 is 0 Å². The molecule has 0 saturated carbocycles. The Balaban J connectivity index is 1.17. The van der Waals surface area contributed by atoms with Crippen molar-refractivity contribution in [3.05, 3.63) is 155 Å². The zero-order chi connectivity index (χ0) is 29.9. The van der Waals surface area contributed by atoms with E-state index in [-0.39, 0.29) is 11.9 Å². The van der Waals surface area contributed by atoms with Crippen molar-refractivity contribution in [1.29, 1.82) is 0 Å². The van der Waals surface area contributed by atoms with Crippen LogP contribution in [0.5, 0.6) is 17.2 Å². The van der Waals surface area contributed by atoms with Crippen LogP contribution >= 0.6 is 0 Å². The number of carbonyl (C=O) groups excluding carboxylic acids is 1. The Morgan fingerprint density at radius 1 is 0.690 bits per heavy atom. The summed E-state index contributed by atoms with van der Waals surface area (Å²) in [6.07, 6.45) is 7.21. The largest absolute Gasteiger partial charge is 0.486 e. The van der Waals surface area contributed by atoms with E-state index in [1.54, 1.807) is 69.3 Å². The van der Waals surface area contributed by atoms with Gasteiger partial charge in [0.15, 0.2) is 5.78 Å². The van der Waals surface area contributed by atoms with E-state index in [9.17, 15) is 15.0 Å². The molecule has 42 heavy (non-hydrogen) atoms. The number of carbonyl (C=O) groups is 1. The lowest BCUT2D eigenvalue weighted by atomic mass is 9.84. The van der Waals surface area contributed by atoms with Crippen LogP contribution in [0.2, 0.25) is 0 Å². The van der Waals surface area contributed by atoms with E-state index >= 15 is 0 Å². The normalized spacial score (nSPS) is 16.3. The van der Waals surface area contributed by atoms with Gasteiger partial charge in [0.1, 0.15) is 29.0 Å². The Bertz CT molecular complexity index is 1590. The Hall–Kier alpha value is -4.45. The predicted octanol–water partition coefficient (Wildman–Crippen LogP) is 7.60. The van der Waals surface area contributed by atoms with Crippen LogP contribution in [0.1, 0.15) is 53.4 Å². The average molecular weight is 560 g/mol. The van der Waals surface area contributed by atoms with Gasteiger partial charge in [-0.05, 0) is 99.0 Å². The molecule has 213 valence electrons. The maximum absolute atomic E-state index is 12.9. The summed E-state index contributed by atoms with van der Waals surface area (Å²) in [5.74, 6) is 1.99. The first kappa shape index (κ1) is 29.1. The number of rotatable bonds is 9. The summed E-state index contributed by atoms with van der Waals surface area (Å²) in [6, 6.07) is 29.3. The van der Waals surface area contributed by atoms with Crippen molar-refractivity contribution in [2.24, 2.45) is 0 Å². The quantitative estimate of drug-likeness (QED) is 0.207. The van der Waals surface area contributed by atoms with Crippen molar-refractivity contribution in [3.63, 3.8) is 0 Å². The molecule has 0 heterocycles. The third-order valence-electron chi connectivity index (χ3n) is 7.41. The first-order valence-electron chi connectivity index (χ1n) is 13.9. The second kappa shape index (κ2) is 11.8. The smallest absolute Gasteiger partial charge is 0.193 e. The Kier molecular flexibility index (Phi) is 8.17. The summed E-state index contributed by atoms with van der Waals surface area (Å²) in [7, 11) is 0. The molecule has 2 atom stereocenters. The maximum atomic E-state index is 12.9. The lowest BCUT2D eigenvalue weighted by molar-refractivity contribution is 0.0785. The highest BCUT2D eigenvalue weighted by Gasteiger charge is 2.29. The minimum absolute atomic E-state index is 0.0995. The van der Waals surface area contributed by atoms with Gasteiger partial charge in [-0.1, -0.05) is 66.2 Å². The molecular formula is C37H35O5. The van der Waals surface area contributed by atoms with Crippen molar-refractivity contribution in [2.45, 2.75) is 45.0 Å². The van der Waals surface area contributed by atoms with Crippen molar-refractivity contribution in [1.82, 2.24) is 0 Å². The molecule has 0 fully saturated rings. The summed E-state index contributed by atoms with van der Waals surface area (Å²) < 4.78 is 12.0. The molecule has 0 spiro atoms. The molecular weight excluding hydrogens is 524 g/mol. The van der Waals surface area contributed by atoms with Crippen LogP contribution < -0.4 is 9.47 Å². The van der Waals surface area contributed by atoms with Gasteiger partial charge in [0.05, 0.1) is 5.60 Å². The molecule has 2 unspecified atom stereocenters. The number of aryl methyl sites for hydroxylation is 1. The van der Waals surface area contributed by atoms with E-state index in [1.165, 1.54) is 5.56 Å². The van der Waals surface area contributed by atoms with Crippen LogP contribution in [0.25, 0.3) is 0 Å². The molecule has 2 N–H and O–H groups in total. The molecule has 0 aliphatic heterocycles. The van der Waals surface area contributed by atoms with Gasteiger partial charge in [-0.3, -0.25) is 4.79 Å². The van der Waals surface area contributed by atoms with Gasteiger partial charge in [0, 0.05) is 17.5 Å². The monoisotopic (exact) mass is 559 g/mol. The number of hydrogen-bond donors (Lipinski definition) is 2. The molecule has 5 rings (SSSR count). The molecule has 5 heteroatoms. The number of hydrogen-bond acceptors (Lipinski definition) is 5. The highest BCUT2D eigenvalue weighted by Crippen LogP contribution is 2.34. The summed E-state index contributed by atoms with van der Waals surface area (Å²) in [5, 5.41) is 21.5. The van der Waals surface area contributed by atoms with Crippen LogP contribution in [0.3, 0.4) is 0 Å². The van der Waals surface area contributed by atoms with Gasteiger partial charge < -0.3 is 19.7 Å². The van der Waals surface area contributed by atoms with Crippen LogP contribution in [-0.4, -0.2) is 22.1 Å². The first-order chi connectivity index (χ1) is 20.0. The summed E-state index contributed by atoms with van der Waals surface area (Å²) in [5.41, 5.74) is 2.35. The minimum Gasteiger partial charge on any atom is -0.486 e. The number of benzene rings is 4. The summed E-state index contributed by atoms with van der Waals surface area (Å²) in [6.45, 7) is 7.22. The van der Waals surface area contributed by atoms with E-state index in [2.05, 4.69) is 0 Å². The van der Waals surface area contributed by atoms with E-state index in [0.29, 0.717) is 22.6 Å². The number of ketones is 1. The lowest BCUT2D eigenvalue weighted by Crippen LogP contribution is -2.26. The Labute approximate surface area is 247 Å². The van der Waals surface area contributed by atoms with Crippen LogP contribution in [0.4, 0.5) is 0 Å². The van der Waals surface area contributed by atoms with Crippen LogP contribution in [0.15, 0.2) is 121 Å². The van der Waals surface area contributed by atoms with Gasteiger partial charge in [-0.25, -0.2) is 0 Å². The van der Waals surface area contributed by atoms with E-state index < -0.39 is 11.2 Å². The van der Waals surface area contributed by atoms with Crippen LogP contribution in [-0.2, 0) is 11.2 Å². The minimum atomic E-state index is -1.20. The molecule has 1 aliphatic rings. The second-order valence-electron chi connectivity index (χ2n) is 11.3. The predicted molar refractivity (Wildman–Crippen MR) is 165 cm³/mol.